The number of hydrogen-bond acceptors (Lipinski definition) is 3. The summed E-state index contributed by atoms with van der Waals surface area (Å²) < 4.78 is 1.04. The van der Waals surface area contributed by atoms with E-state index < -0.39 is 0 Å². The van der Waals surface area contributed by atoms with E-state index in [1.807, 2.05) is 44.2 Å². The number of rotatable bonds is 7. The number of benzene rings is 1. The highest BCUT2D eigenvalue weighted by atomic mass is 79.9. The van der Waals surface area contributed by atoms with Gasteiger partial charge < -0.3 is 10.6 Å². The van der Waals surface area contributed by atoms with Gasteiger partial charge in [0.2, 0.25) is 0 Å². The van der Waals surface area contributed by atoms with Gasteiger partial charge in [0.1, 0.15) is 11.6 Å². The molecule has 21 heavy (non-hydrogen) atoms. The van der Waals surface area contributed by atoms with Crippen LogP contribution >= 0.6 is 15.9 Å². The van der Waals surface area contributed by atoms with Crippen molar-refractivity contribution in [2.75, 3.05) is 6.54 Å². The van der Waals surface area contributed by atoms with E-state index in [0.29, 0.717) is 6.54 Å². The highest BCUT2D eigenvalue weighted by Gasteiger charge is 2.10. The van der Waals surface area contributed by atoms with Gasteiger partial charge in [-0.05, 0) is 37.5 Å². The van der Waals surface area contributed by atoms with Crippen molar-refractivity contribution in [3.05, 3.63) is 46.1 Å². The standard InChI is InChI=1S/C16H20BrN3O/c1-3-12(2)20-16(21)14(10-18)11-19-8-7-13-5-4-6-15(17)9-13/h4-6,9,11-12,19H,3,7-8H2,1-2H3,(H,20,21)/b14-11-. The zero-order chi connectivity index (χ0) is 15.7. The normalized spacial score (nSPS) is 12.4. The third kappa shape index (κ3) is 6.46. The van der Waals surface area contributed by atoms with Crippen LogP contribution in [0.5, 0.6) is 0 Å². The summed E-state index contributed by atoms with van der Waals surface area (Å²) in [7, 11) is 0. The molecule has 0 fully saturated rings. The molecule has 1 aromatic rings. The number of carbonyl (C=O) groups is 1. The van der Waals surface area contributed by atoms with E-state index in [4.69, 9.17) is 5.26 Å². The molecule has 1 unspecified atom stereocenters. The Morgan fingerprint density at radius 1 is 1.52 bits per heavy atom. The van der Waals surface area contributed by atoms with Gasteiger partial charge >= 0.3 is 0 Å². The maximum absolute atomic E-state index is 11.8. The molecule has 0 radical (unpaired) electrons. The minimum Gasteiger partial charge on any atom is -0.389 e. The fourth-order valence-electron chi connectivity index (χ4n) is 1.64. The maximum Gasteiger partial charge on any atom is 0.263 e. The van der Waals surface area contributed by atoms with Gasteiger partial charge in [-0.3, -0.25) is 4.79 Å². The fraction of sp³-hybridized carbons (Fsp3) is 0.375. The molecule has 112 valence electrons. The molecule has 0 aliphatic heterocycles. The molecule has 1 rings (SSSR count). The summed E-state index contributed by atoms with van der Waals surface area (Å²) in [4.78, 5) is 11.8. The van der Waals surface area contributed by atoms with E-state index in [-0.39, 0.29) is 17.5 Å². The largest absolute Gasteiger partial charge is 0.389 e. The van der Waals surface area contributed by atoms with Crippen LogP contribution in [0.4, 0.5) is 0 Å². The summed E-state index contributed by atoms with van der Waals surface area (Å²) in [5, 5.41) is 14.8. The molecular weight excluding hydrogens is 330 g/mol. The highest BCUT2D eigenvalue weighted by molar-refractivity contribution is 9.10. The summed E-state index contributed by atoms with van der Waals surface area (Å²) in [6.45, 7) is 4.56. The highest BCUT2D eigenvalue weighted by Crippen LogP contribution is 2.11. The first-order valence-corrected chi connectivity index (χ1v) is 7.75. The van der Waals surface area contributed by atoms with Crippen LogP contribution in [0.15, 0.2) is 40.5 Å². The van der Waals surface area contributed by atoms with Crippen LogP contribution in [-0.4, -0.2) is 18.5 Å². The number of carbonyl (C=O) groups excluding carboxylic acids is 1. The summed E-state index contributed by atoms with van der Waals surface area (Å²) in [6, 6.07) is 10.0. The monoisotopic (exact) mass is 349 g/mol. The second-order valence-corrected chi connectivity index (χ2v) is 5.70. The molecule has 1 atom stereocenters. The number of amides is 1. The van der Waals surface area contributed by atoms with Gasteiger partial charge in [-0.2, -0.15) is 5.26 Å². The van der Waals surface area contributed by atoms with Gasteiger partial charge in [0.25, 0.3) is 5.91 Å². The lowest BCUT2D eigenvalue weighted by atomic mass is 10.1. The van der Waals surface area contributed by atoms with E-state index in [1.54, 1.807) is 0 Å². The van der Waals surface area contributed by atoms with Crippen molar-refractivity contribution in [1.29, 1.82) is 5.26 Å². The number of nitrogens with zero attached hydrogens (tertiary/aromatic N) is 1. The van der Waals surface area contributed by atoms with E-state index in [9.17, 15) is 4.79 Å². The van der Waals surface area contributed by atoms with Crippen LogP contribution in [0.25, 0.3) is 0 Å². The Hall–Kier alpha value is -1.80. The molecule has 0 saturated carbocycles. The smallest absolute Gasteiger partial charge is 0.263 e. The molecule has 2 N–H and O–H groups in total. The summed E-state index contributed by atoms with van der Waals surface area (Å²) in [6.07, 6.45) is 3.14. The molecule has 1 aromatic carbocycles. The van der Waals surface area contributed by atoms with Crippen LogP contribution in [0.1, 0.15) is 25.8 Å². The van der Waals surface area contributed by atoms with Gasteiger partial charge in [0.05, 0.1) is 0 Å². The first-order chi connectivity index (χ1) is 10.1. The topological polar surface area (TPSA) is 64.9 Å². The second kappa shape index (κ2) is 9.19. The molecular formula is C16H20BrN3O. The third-order valence-electron chi connectivity index (χ3n) is 3.05. The number of nitriles is 1. The zero-order valence-electron chi connectivity index (χ0n) is 12.3. The van der Waals surface area contributed by atoms with Crippen molar-refractivity contribution in [2.24, 2.45) is 0 Å². The first-order valence-electron chi connectivity index (χ1n) is 6.95. The molecule has 0 aromatic heterocycles. The molecule has 0 spiro atoms. The van der Waals surface area contributed by atoms with Gasteiger partial charge in [0, 0.05) is 23.3 Å². The van der Waals surface area contributed by atoms with E-state index in [0.717, 1.165) is 17.3 Å². The van der Waals surface area contributed by atoms with Crippen molar-refractivity contribution >= 4 is 21.8 Å². The SMILES string of the molecule is CCC(C)NC(=O)/C(C#N)=C\NCCc1cccc(Br)c1. The van der Waals surface area contributed by atoms with Crippen molar-refractivity contribution in [2.45, 2.75) is 32.7 Å². The molecule has 0 aliphatic carbocycles. The average molecular weight is 350 g/mol. The van der Waals surface area contributed by atoms with E-state index >= 15 is 0 Å². The molecule has 1 amide bonds. The van der Waals surface area contributed by atoms with Gasteiger partial charge in [-0.15, -0.1) is 0 Å². The summed E-state index contributed by atoms with van der Waals surface area (Å²) >= 11 is 3.43. The lowest BCUT2D eigenvalue weighted by Gasteiger charge is -2.10. The van der Waals surface area contributed by atoms with Crippen LogP contribution in [0, 0.1) is 11.3 Å². The Kier molecular flexibility index (Phi) is 7.55. The molecule has 4 nitrogen and oxygen atoms in total. The predicted octanol–water partition coefficient (Wildman–Crippen LogP) is 2.90. The molecule has 0 bridgehead atoms. The van der Waals surface area contributed by atoms with Crippen molar-refractivity contribution in [1.82, 2.24) is 10.6 Å². The Bertz CT molecular complexity index is 549. The Morgan fingerprint density at radius 2 is 2.29 bits per heavy atom. The minimum atomic E-state index is -0.332. The second-order valence-electron chi connectivity index (χ2n) is 4.79. The first kappa shape index (κ1) is 17.3. The van der Waals surface area contributed by atoms with Crippen LogP contribution in [0.2, 0.25) is 0 Å². The lowest BCUT2D eigenvalue weighted by molar-refractivity contribution is -0.117. The van der Waals surface area contributed by atoms with Gasteiger partial charge in [-0.1, -0.05) is 35.0 Å². The van der Waals surface area contributed by atoms with Crippen LogP contribution in [0.3, 0.4) is 0 Å². The van der Waals surface area contributed by atoms with Crippen molar-refractivity contribution in [3.8, 4) is 6.07 Å². The minimum absolute atomic E-state index is 0.0657. The summed E-state index contributed by atoms with van der Waals surface area (Å²) in [5.74, 6) is -0.332. The van der Waals surface area contributed by atoms with E-state index in [2.05, 4.69) is 26.6 Å². The average Bonchev–Trinajstić information content (AvgIpc) is 2.47. The van der Waals surface area contributed by atoms with Gasteiger partial charge in [0.15, 0.2) is 0 Å². The van der Waals surface area contributed by atoms with E-state index in [1.165, 1.54) is 11.8 Å². The van der Waals surface area contributed by atoms with Crippen LogP contribution in [-0.2, 0) is 11.2 Å². The maximum atomic E-state index is 11.8. The molecule has 0 heterocycles. The summed E-state index contributed by atoms with van der Waals surface area (Å²) in [5.41, 5.74) is 1.29. The molecule has 5 heteroatoms. The Balaban J connectivity index is 2.46. The Labute approximate surface area is 134 Å². The fourth-order valence-corrected chi connectivity index (χ4v) is 2.08. The Morgan fingerprint density at radius 3 is 2.90 bits per heavy atom. The van der Waals surface area contributed by atoms with Crippen molar-refractivity contribution < 1.29 is 4.79 Å². The lowest BCUT2D eigenvalue weighted by Crippen LogP contribution is -2.33. The number of halogens is 1. The zero-order valence-corrected chi connectivity index (χ0v) is 13.9. The quantitative estimate of drug-likeness (QED) is 0.452. The van der Waals surface area contributed by atoms with Crippen molar-refractivity contribution in [3.63, 3.8) is 0 Å². The molecule has 0 aliphatic rings. The number of hydrogen-bond donors (Lipinski definition) is 2. The molecule has 0 saturated heterocycles. The predicted molar refractivity (Wildman–Crippen MR) is 87.4 cm³/mol. The number of nitrogens with one attached hydrogen (secondary N) is 2. The third-order valence-corrected chi connectivity index (χ3v) is 3.54. The van der Waals surface area contributed by atoms with Crippen LogP contribution < -0.4 is 10.6 Å². The van der Waals surface area contributed by atoms with Gasteiger partial charge in [-0.25, -0.2) is 0 Å².